The number of nitrogens with zero attached hydrogens (tertiary/aromatic N) is 1. The molecule has 0 aromatic heterocycles. The summed E-state index contributed by atoms with van der Waals surface area (Å²) >= 11 is 0. The van der Waals surface area contributed by atoms with Crippen LogP contribution in [0.3, 0.4) is 0 Å². The monoisotopic (exact) mass is 171 g/mol. The average Bonchev–Trinajstić information content (AvgIpc) is 1.95. The van der Waals surface area contributed by atoms with E-state index in [1.807, 2.05) is 37.6 Å². The molecule has 0 spiro atoms. The van der Waals surface area contributed by atoms with Gasteiger partial charge in [0, 0.05) is 18.0 Å². The summed E-state index contributed by atoms with van der Waals surface area (Å²) in [7, 11) is 0. The molecular formula is C12H13N. The molecule has 0 atom stereocenters. The summed E-state index contributed by atoms with van der Waals surface area (Å²) in [6, 6.07) is 0. The summed E-state index contributed by atoms with van der Waals surface area (Å²) in [6.45, 7) is 9.43. The molecule has 0 fully saturated rings. The lowest BCUT2D eigenvalue weighted by Crippen LogP contribution is -1.95. The zero-order valence-electron chi connectivity index (χ0n) is 7.83. The van der Waals surface area contributed by atoms with Crippen LogP contribution in [0.1, 0.15) is 6.92 Å². The van der Waals surface area contributed by atoms with Crippen LogP contribution in [0.5, 0.6) is 0 Å². The van der Waals surface area contributed by atoms with Crippen molar-refractivity contribution in [3.05, 3.63) is 60.4 Å². The van der Waals surface area contributed by atoms with Crippen molar-refractivity contribution in [3.8, 4) is 0 Å². The standard InChI is InChI=1S/C12H13N/c1-4-5-6-11(7-10(2)3)12-8-13-9-12/h4-9H,1-2H2,3H3/b6-5-,11-7+. The van der Waals surface area contributed by atoms with Gasteiger partial charge in [0.1, 0.15) is 0 Å². The summed E-state index contributed by atoms with van der Waals surface area (Å²) < 4.78 is 0. The van der Waals surface area contributed by atoms with Gasteiger partial charge >= 0.3 is 0 Å². The van der Waals surface area contributed by atoms with Crippen LogP contribution in [0, 0.1) is 0 Å². The molecule has 0 bridgehead atoms. The molecule has 0 amide bonds. The first-order valence-corrected chi connectivity index (χ1v) is 4.14. The summed E-state index contributed by atoms with van der Waals surface area (Å²) in [4.78, 5) is 3.92. The SMILES string of the molecule is C=C/C=C\C(=C/C(=C)C)C1=CN=C1. The fourth-order valence-electron chi connectivity index (χ4n) is 0.963. The Bertz CT molecular complexity index is 338. The van der Waals surface area contributed by atoms with Crippen molar-refractivity contribution in [1.29, 1.82) is 0 Å². The van der Waals surface area contributed by atoms with E-state index in [1.165, 1.54) is 0 Å². The summed E-state index contributed by atoms with van der Waals surface area (Å²) in [6.07, 6.45) is 11.4. The molecule has 0 aliphatic carbocycles. The Balaban J connectivity index is 2.81. The minimum absolute atomic E-state index is 1.03. The lowest BCUT2D eigenvalue weighted by molar-refractivity contribution is 1.40. The molecule has 1 nitrogen and oxygen atoms in total. The van der Waals surface area contributed by atoms with Gasteiger partial charge in [0.25, 0.3) is 0 Å². The van der Waals surface area contributed by atoms with Gasteiger partial charge in [-0.2, -0.15) is 0 Å². The second-order valence-corrected chi connectivity index (χ2v) is 2.90. The lowest BCUT2D eigenvalue weighted by atomic mass is 10.0. The van der Waals surface area contributed by atoms with Gasteiger partial charge in [-0.05, 0) is 12.5 Å². The Morgan fingerprint density at radius 1 is 1.54 bits per heavy atom. The molecule has 1 heterocycles. The highest BCUT2D eigenvalue weighted by atomic mass is 14.7. The number of allylic oxidation sites excluding steroid dienone is 7. The van der Waals surface area contributed by atoms with Gasteiger partial charge in [-0.3, -0.25) is 4.99 Å². The summed E-state index contributed by atoms with van der Waals surface area (Å²) in [5, 5.41) is 0. The Morgan fingerprint density at radius 2 is 2.23 bits per heavy atom. The Labute approximate surface area is 79.2 Å². The first-order valence-electron chi connectivity index (χ1n) is 4.14. The van der Waals surface area contributed by atoms with Crippen molar-refractivity contribution in [1.82, 2.24) is 0 Å². The summed E-state index contributed by atoms with van der Waals surface area (Å²) in [5.41, 5.74) is 3.30. The van der Waals surface area contributed by atoms with E-state index in [9.17, 15) is 0 Å². The van der Waals surface area contributed by atoms with Crippen LogP contribution in [0.25, 0.3) is 0 Å². The van der Waals surface area contributed by atoms with E-state index in [2.05, 4.69) is 18.2 Å². The zero-order valence-corrected chi connectivity index (χ0v) is 7.83. The molecule has 0 aromatic carbocycles. The Morgan fingerprint density at radius 3 is 2.62 bits per heavy atom. The summed E-state index contributed by atoms with van der Waals surface area (Å²) in [5.74, 6) is 0. The predicted octanol–water partition coefficient (Wildman–Crippen LogP) is 3.20. The molecule has 0 unspecified atom stereocenters. The van der Waals surface area contributed by atoms with Crippen LogP contribution in [0.4, 0.5) is 0 Å². The molecule has 0 radical (unpaired) electrons. The van der Waals surface area contributed by atoms with E-state index in [4.69, 9.17) is 0 Å². The Hall–Kier alpha value is -1.63. The van der Waals surface area contributed by atoms with Gasteiger partial charge in [-0.15, -0.1) is 0 Å². The molecule has 1 aliphatic heterocycles. The van der Waals surface area contributed by atoms with Crippen LogP contribution >= 0.6 is 0 Å². The van der Waals surface area contributed by atoms with Crippen molar-refractivity contribution in [2.75, 3.05) is 0 Å². The second kappa shape index (κ2) is 4.41. The molecule has 1 heteroatoms. The second-order valence-electron chi connectivity index (χ2n) is 2.90. The average molecular weight is 171 g/mol. The maximum Gasteiger partial charge on any atom is 0.0362 e. The fraction of sp³-hybridized carbons (Fsp3) is 0.0833. The first-order chi connectivity index (χ1) is 6.24. The molecule has 0 aromatic rings. The smallest absolute Gasteiger partial charge is 0.0362 e. The highest BCUT2D eigenvalue weighted by Crippen LogP contribution is 2.16. The highest BCUT2D eigenvalue weighted by Gasteiger charge is 2.03. The quantitative estimate of drug-likeness (QED) is 0.576. The van der Waals surface area contributed by atoms with Gasteiger partial charge in [-0.1, -0.05) is 43.0 Å². The third-order valence-electron chi connectivity index (χ3n) is 1.57. The van der Waals surface area contributed by atoms with Crippen LogP contribution in [0.15, 0.2) is 65.4 Å². The van der Waals surface area contributed by atoms with Gasteiger partial charge in [0.15, 0.2) is 0 Å². The normalized spacial score (nSPS) is 15.5. The number of aliphatic imine (C=N–C) groups is 1. The van der Waals surface area contributed by atoms with Crippen molar-refractivity contribution < 1.29 is 0 Å². The number of hydrogen-bond donors (Lipinski definition) is 0. The maximum atomic E-state index is 3.92. The van der Waals surface area contributed by atoms with Crippen molar-refractivity contribution in [3.63, 3.8) is 0 Å². The molecule has 66 valence electrons. The third-order valence-corrected chi connectivity index (χ3v) is 1.57. The van der Waals surface area contributed by atoms with E-state index in [0.29, 0.717) is 0 Å². The third kappa shape index (κ3) is 2.71. The van der Waals surface area contributed by atoms with Crippen molar-refractivity contribution in [2.24, 2.45) is 4.99 Å². The highest BCUT2D eigenvalue weighted by molar-refractivity contribution is 5.91. The molecule has 13 heavy (non-hydrogen) atoms. The number of hydrogen-bond acceptors (Lipinski definition) is 1. The molecule has 1 rings (SSSR count). The first kappa shape index (κ1) is 9.46. The minimum atomic E-state index is 1.03. The van der Waals surface area contributed by atoms with Crippen molar-refractivity contribution in [2.45, 2.75) is 6.92 Å². The van der Waals surface area contributed by atoms with Gasteiger partial charge in [-0.25, -0.2) is 0 Å². The van der Waals surface area contributed by atoms with Gasteiger partial charge in [0.2, 0.25) is 0 Å². The van der Waals surface area contributed by atoms with Crippen LogP contribution in [-0.4, -0.2) is 6.21 Å². The predicted molar refractivity (Wildman–Crippen MR) is 58.8 cm³/mol. The largest absolute Gasteiger partial charge is 0.263 e. The molecule has 1 aliphatic rings. The van der Waals surface area contributed by atoms with E-state index in [1.54, 1.807) is 6.08 Å². The van der Waals surface area contributed by atoms with Gasteiger partial charge < -0.3 is 0 Å². The number of rotatable bonds is 4. The molecule has 0 saturated heterocycles. The molecule has 0 saturated carbocycles. The van der Waals surface area contributed by atoms with Crippen molar-refractivity contribution >= 4 is 6.21 Å². The molecular weight excluding hydrogens is 158 g/mol. The lowest BCUT2D eigenvalue weighted by Gasteiger charge is -2.07. The van der Waals surface area contributed by atoms with Gasteiger partial charge in [0.05, 0.1) is 0 Å². The zero-order chi connectivity index (χ0) is 9.68. The van der Waals surface area contributed by atoms with E-state index in [-0.39, 0.29) is 0 Å². The Kier molecular flexibility index (Phi) is 3.21. The van der Waals surface area contributed by atoms with E-state index < -0.39 is 0 Å². The maximum absolute atomic E-state index is 3.92. The minimum Gasteiger partial charge on any atom is -0.263 e. The van der Waals surface area contributed by atoms with E-state index in [0.717, 1.165) is 16.7 Å². The van der Waals surface area contributed by atoms with E-state index >= 15 is 0 Å². The fourth-order valence-corrected chi connectivity index (χ4v) is 0.963. The van der Waals surface area contributed by atoms with Crippen LogP contribution in [0.2, 0.25) is 0 Å². The van der Waals surface area contributed by atoms with Crippen LogP contribution < -0.4 is 0 Å². The topological polar surface area (TPSA) is 12.4 Å². The molecule has 0 N–H and O–H groups in total. The van der Waals surface area contributed by atoms with Crippen LogP contribution in [-0.2, 0) is 0 Å².